The van der Waals surface area contributed by atoms with E-state index in [1.807, 2.05) is 55.4 Å². The Kier molecular flexibility index (Phi) is 30.7. The number of nitrogens with one attached hydrogen (secondary N) is 2. The number of likely N-dealkylation sites (N-methyl/N-ethyl adjacent to an activating group) is 7. The number of amides is 8. The van der Waals surface area contributed by atoms with Crippen molar-refractivity contribution in [1.29, 1.82) is 0 Å². The number of Topliss-reactive ketones (excluding diaryl/α,β-unsaturated/α-hetero) is 3. The third-order valence-corrected chi connectivity index (χ3v) is 18.6. The van der Waals surface area contributed by atoms with Gasteiger partial charge >= 0.3 is 5.97 Å². The van der Waals surface area contributed by atoms with E-state index in [0.29, 0.717) is 16.9 Å². The van der Waals surface area contributed by atoms with Crippen LogP contribution in [0.5, 0.6) is 0 Å². The molecule has 1 aliphatic heterocycles. The molecule has 0 saturated carbocycles. The van der Waals surface area contributed by atoms with Gasteiger partial charge in [-0.15, -0.1) is 0 Å². The minimum absolute atomic E-state index is 0.00128. The number of carboxylic acid groups (broad SMARTS) is 1. The number of hydrogen-bond donors (Lipinski definition) is 4. The Morgan fingerprint density at radius 2 is 1.02 bits per heavy atom. The van der Waals surface area contributed by atoms with Gasteiger partial charge in [-0.25, -0.2) is 9.78 Å². The van der Waals surface area contributed by atoms with E-state index >= 15 is 19.2 Å². The number of ketones is 3. The number of benzene rings is 1. The average molecular weight is 1320 g/mol. The fourth-order valence-corrected chi connectivity index (χ4v) is 12.7. The number of carbonyl (C=O) groups excluding carboxylic acids is 11. The van der Waals surface area contributed by atoms with Crippen molar-refractivity contribution in [1.82, 2.24) is 49.6 Å². The Balaban J connectivity index is 2.33. The summed E-state index contributed by atoms with van der Waals surface area (Å²) in [5.41, 5.74) is 0.866. The van der Waals surface area contributed by atoms with Gasteiger partial charge in [0.25, 0.3) is 0 Å². The van der Waals surface area contributed by atoms with Crippen LogP contribution in [0.1, 0.15) is 178 Å². The van der Waals surface area contributed by atoms with E-state index in [-0.39, 0.29) is 80.6 Å². The maximum absolute atomic E-state index is 15.5. The Morgan fingerprint density at radius 1 is 0.553 bits per heavy atom. The maximum Gasteiger partial charge on any atom is 0.335 e. The van der Waals surface area contributed by atoms with E-state index < -0.39 is 167 Å². The number of H-pyrrole nitrogens is 1. The molecule has 4 N–H and O–H groups in total. The van der Waals surface area contributed by atoms with Crippen LogP contribution in [0, 0.1) is 59.2 Å². The Labute approximate surface area is 558 Å². The summed E-state index contributed by atoms with van der Waals surface area (Å²) in [6.45, 7) is 27.9. The predicted octanol–water partition coefficient (Wildman–Crippen LogP) is 6.39. The first-order valence-corrected chi connectivity index (χ1v) is 33.6. The highest BCUT2D eigenvalue weighted by molar-refractivity contribution is 6.00. The fourth-order valence-electron chi connectivity index (χ4n) is 12.7. The molecule has 3 rings (SSSR count). The molecule has 0 aliphatic carbocycles. The van der Waals surface area contributed by atoms with Gasteiger partial charge in [0.05, 0.1) is 41.3 Å². The number of nitrogens with zero attached hydrogens (tertiary/aromatic N) is 8. The molecule has 528 valence electrons. The summed E-state index contributed by atoms with van der Waals surface area (Å²) in [4.78, 5) is 191. The lowest BCUT2D eigenvalue weighted by Crippen LogP contribution is -2.62. The molecule has 2 heterocycles. The summed E-state index contributed by atoms with van der Waals surface area (Å²) < 4.78 is 0. The predicted molar refractivity (Wildman–Crippen MR) is 359 cm³/mol. The van der Waals surface area contributed by atoms with Gasteiger partial charge in [-0.1, -0.05) is 104 Å². The van der Waals surface area contributed by atoms with Crippen molar-refractivity contribution in [3.63, 3.8) is 0 Å². The summed E-state index contributed by atoms with van der Waals surface area (Å²) in [5.74, 6) is -12.7. The van der Waals surface area contributed by atoms with Crippen LogP contribution in [-0.2, 0) is 59.2 Å². The normalized spacial score (nSPS) is 25.6. The van der Waals surface area contributed by atoms with Crippen molar-refractivity contribution in [2.24, 2.45) is 59.2 Å². The standard InChI is InChI=1S/C70H114N10O14/c1-24-46-34-57(83)61(62(85)43(14)32-58-72-49-26-25-47(70(93)94)33-50(49)73-58)80(23)69(92)60(42(12)13)79(22)68(91)54(30-40(8)9)78(21)67(90)53(29-39(6)7)77(20)64(87)45(16)71-63(86)44(15)31-55(81)52(28-38(4)5)76(19)66(89)48(41(10)11)35-56(82)51(27-37(2)3)75(18)59(84)36-74(17)65(46)88/h25-26,33,37-46,48,51-54,60-62,85H,24,27-32,34-36H2,1-23H3,(H,71,86)(H,72,73)(H,93,94)/t43-,44-,45-,46-,48+,51+,52+,53+,54+,60+,61-,62-/m1/s1. The van der Waals surface area contributed by atoms with Gasteiger partial charge in [0.15, 0.2) is 17.3 Å². The zero-order valence-electron chi connectivity index (χ0n) is 60.6. The summed E-state index contributed by atoms with van der Waals surface area (Å²) >= 11 is 0. The lowest BCUT2D eigenvalue weighted by Gasteiger charge is -2.41. The van der Waals surface area contributed by atoms with Crippen LogP contribution in [0.15, 0.2) is 18.2 Å². The van der Waals surface area contributed by atoms with Crippen molar-refractivity contribution in [2.75, 3.05) is 55.9 Å². The molecule has 94 heavy (non-hydrogen) atoms. The second-order valence-electron chi connectivity index (χ2n) is 29.2. The van der Waals surface area contributed by atoms with Crippen molar-refractivity contribution in [2.45, 2.75) is 217 Å². The average Bonchev–Trinajstić information content (AvgIpc) is 0.992. The van der Waals surface area contributed by atoms with Gasteiger partial charge in [-0.05, 0) is 98.7 Å². The second-order valence-corrected chi connectivity index (χ2v) is 29.2. The topological polar surface area (TPSA) is 309 Å². The van der Waals surface area contributed by atoms with E-state index in [0.717, 1.165) is 4.90 Å². The highest BCUT2D eigenvalue weighted by atomic mass is 16.4. The number of carbonyl (C=O) groups is 12. The van der Waals surface area contributed by atoms with E-state index in [1.54, 1.807) is 48.5 Å². The van der Waals surface area contributed by atoms with E-state index in [2.05, 4.69) is 15.3 Å². The van der Waals surface area contributed by atoms with Gasteiger partial charge in [0.2, 0.25) is 47.3 Å². The molecule has 1 aliphatic rings. The number of aliphatic hydroxyl groups is 1. The van der Waals surface area contributed by atoms with Crippen molar-refractivity contribution < 1.29 is 67.7 Å². The summed E-state index contributed by atoms with van der Waals surface area (Å²) in [7, 11) is 10.0. The van der Waals surface area contributed by atoms with E-state index in [1.165, 1.54) is 104 Å². The van der Waals surface area contributed by atoms with Crippen LogP contribution in [-0.4, -0.2) is 229 Å². The van der Waals surface area contributed by atoms with Crippen LogP contribution in [0.25, 0.3) is 11.0 Å². The molecule has 0 bridgehead atoms. The number of aliphatic hydroxyl groups excluding tert-OH is 1. The number of fused-ring (bicyclic) bond motifs is 1. The zero-order valence-corrected chi connectivity index (χ0v) is 60.6. The van der Waals surface area contributed by atoms with E-state index in [9.17, 15) is 48.6 Å². The number of aromatic amines is 1. The molecule has 24 heteroatoms. The van der Waals surface area contributed by atoms with Crippen molar-refractivity contribution in [3.05, 3.63) is 29.6 Å². The number of rotatable bonds is 16. The lowest BCUT2D eigenvalue weighted by atomic mass is 9.84. The van der Waals surface area contributed by atoms with Crippen LogP contribution in [0.2, 0.25) is 0 Å². The van der Waals surface area contributed by atoms with E-state index in [4.69, 9.17) is 0 Å². The number of carboxylic acids is 1. The van der Waals surface area contributed by atoms with Gasteiger partial charge in [0.1, 0.15) is 36.0 Å². The van der Waals surface area contributed by atoms with Crippen LogP contribution in [0.3, 0.4) is 0 Å². The first-order valence-electron chi connectivity index (χ1n) is 33.6. The van der Waals surface area contributed by atoms with Crippen LogP contribution >= 0.6 is 0 Å². The molecule has 1 aromatic heterocycles. The Hall–Kier alpha value is -7.11. The molecule has 8 amide bonds. The summed E-state index contributed by atoms with van der Waals surface area (Å²) in [6.07, 6.45) is -1.97. The van der Waals surface area contributed by atoms with Crippen LogP contribution in [0.4, 0.5) is 0 Å². The highest BCUT2D eigenvalue weighted by Crippen LogP contribution is 2.30. The number of imidazole rings is 1. The zero-order chi connectivity index (χ0) is 72.0. The number of aromatic nitrogens is 2. The molecule has 2 aromatic rings. The molecule has 1 aromatic carbocycles. The third-order valence-electron chi connectivity index (χ3n) is 18.6. The Bertz CT molecular complexity index is 3010. The quantitative estimate of drug-likeness (QED) is 0.141. The number of aromatic carboxylic acids is 1. The minimum Gasteiger partial charge on any atom is -0.478 e. The minimum atomic E-state index is -1.66. The molecule has 1 saturated heterocycles. The van der Waals surface area contributed by atoms with Crippen molar-refractivity contribution in [3.8, 4) is 0 Å². The molecule has 1 fully saturated rings. The summed E-state index contributed by atoms with van der Waals surface area (Å²) in [5, 5.41) is 25.0. The summed E-state index contributed by atoms with van der Waals surface area (Å²) in [6, 6.07) is -4.20. The maximum atomic E-state index is 15.5. The fraction of sp³-hybridized carbons (Fsp3) is 0.729. The van der Waals surface area contributed by atoms with Gasteiger partial charge in [-0.3, -0.25) is 52.7 Å². The van der Waals surface area contributed by atoms with Gasteiger partial charge in [-0.2, -0.15) is 0 Å². The first kappa shape index (κ1) is 81.1. The molecular weight excluding hydrogens is 1200 g/mol. The monoisotopic (exact) mass is 1320 g/mol. The SMILES string of the molecule is CC[C@@H]1CC(=O)[C@H]([C@H](O)[C@H](C)Cc2nc3ccc(C(=O)O)cc3[nH]2)N(C)C(=O)[C@H](C(C)C)N(C)C(=O)[C@H](CC(C)C)N(C)C(=O)[C@H](CC(C)C)N(C)C(=O)[C@@H](C)NC(=O)[C@H](C)CC(=O)[C@H](CC(C)C)N(C)C(=O)[C@H](C(C)C)CC(=O)[C@H](CC(C)C)N(C)C(=O)CN(C)C1=O. The second kappa shape index (κ2) is 35.6. The van der Waals surface area contributed by atoms with Crippen LogP contribution < -0.4 is 5.32 Å². The number of hydrogen-bond acceptors (Lipinski definition) is 14. The first-order chi connectivity index (χ1) is 43.5. The lowest BCUT2D eigenvalue weighted by molar-refractivity contribution is -0.157. The third kappa shape index (κ3) is 21.2. The molecule has 0 unspecified atom stereocenters. The molecule has 0 spiro atoms. The molecular formula is C70H114N10O14. The molecule has 24 nitrogen and oxygen atoms in total. The van der Waals surface area contributed by atoms with Crippen molar-refractivity contribution >= 4 is 81.6 Å². The largest absolute Gasteiger partial charge is 0.478 e. The Morgan fingerprint density at radius 3 is 1.51 bits per heavy atom. The van der Waals surface area contributed by atoms with Gasteiger partial charge < -0.3 is 54.8 Å². The molecule has 0 radical (unpaired) electrons. The molecule has 12 atom stereocenters. The van der Waals surface area contributed by atoms with Gasteiger partial charge in [0, 0.05) is 92.8 Å². The smallest absolute Gasteiger partial charge is 0.335 e. The highest BCUT2D eigenvalue weighted by Gasteiger charge is 2.46.